The minimum atomic E-state index is -3.87. The summed E-state index contributed by atoms with van der Waals surface area (Å²) in [7, 11) is 0.443. The van der Waals surface area contributed by atoms with Gasteiger partial charge >= 0.3 is 0 Å². The van der Waals surface area contributed by atoms with Crippen molar-refractivity contribution in [2.45, 2.75) is 71.1 Å². The van der Waals surface area contributed by atoms with Crippen LogP contribution in [-0.4, -0.2) is 50.4 Å². The van der Waals surface area contributed by atoms with Gasteiger partial charge in [-0.25, -0.2) is 0 Å². The lowest BCUT2D eigenvalue weighted by Crippen LogP contribution is -2.40. The largest absolute Gasteiger partial charge is 0.325 e. The summed E-state index contributed by atoms with van der Waals surface area (Å²) in [5.74, 6) is -0.286. The Morgan fingerprint density at radius 3 is 1.78 bits per heavy atom. The summed E-state index contributed by atoms with van der Waals surface area (Å²) in [5, 5.41) is 0. The number of nitrogens with zero attached hydrogens (tertiary/aromatic N) is 1. The minimum absolute atomic E-state index is 0.286. The highest BCUT2D eigenvalue weighted by molar-refractivity contribution is 7.85. The van der Waals surface area contributed by atoms with Crippen LogP contribution in [0.2, 0.25) is 0 Å². The Morgan fingerprint density at radius 1 is 0.826 bits per heavy atom. The van der Waals surface area contributed by atoms with E-state index in [1.807, 2.05) is 6.08 Å². The molecule has 0 fully saturated rings. The fourth-order valence-corrected chi connectivity index (χ4v) is 3.05. The first kappa shape index (κ1) is 22.6. The van der Waals surface area contributed by atoms with Gasteiger partial charge in [-0.05, 0) is 18.9 Å². The van der Waals surface area contributed by atoms with Gasteiger partial charge < -0.3 is 4.48 Å². The first-order valence-electron chi connectivity index (χ1n) is 9.19. The van der Waals surface area contributed by atoms with Crippen molar-refractivity contribution >= 4 is 10.1 Å². The topological polar surface area (TPSA) is 54.4 Å². The van der Waals surface area contributed by atoms with E-state index in [1.165, 1.54) is 70.3 Å². The van der Waals surface area contributed by atoms with Gasteiger partial charge in [0, 0.05) is 0 Å². The van der Waals surface area contributed by atoms with Crippen LogP contribution >= 0.6 is 0 Å². The van der Waals surface area contributed by atoms with Crippen molar-refractivity contribution in [3.05, 3.63) is 12.2 Å². The van der Waals surface area contributed by atoms with Crippen molar-refractivity contribution in [3.8, 4) is 0 Å². The SMILES string of the molecule is CCCCCCCCCCCC[N+](C)(C)CC=CCS(=O)(=O)O. The molecule has 0 amide bonds. The molecule has 0 aromatic rings. The Bertz CT molecular complexity index is 402. The Balaban J connectivity index is 3.55. The van der Waals surface area contributed by atoms with Gasteiger partial charge in [0.2, 0.25) is 0 Å². The predicted octanol–water partition coefficient (Wildman–Crippen LogP) is 4.43. The van der Waals surface area contributed by atoms with Crippen LogP contribution in [0.1, 0.15) is 71.1 Å². The third-order valence-electron chi connectivity index (χ3n) is 4.19. The van der Waals surface area contributed by atoms with Crippen LogP contribution in [0.15, 0.2) is 12.2 Å². The van der Waals surface area contributed by atoms with Crippen molar-refractivity contribution in [1.82, 2.24) is 0 Å². The second-order valence-electron chi connectivity index (χ2n) is 7.24. The van der Waals surface area contributed by atoms with Gasteiger partial charge in [0.25, 0.3) is 10.1 Å². The fraction of sp³-hybridized carbons (Fsp3) is 0.889. The molecule has 0 aliphatic carbocycles. The summed E-state index contributed by atoms with van der Waals surface area (Å²) in [6.45, 7) is 4.16. The molecule has 0 aliphatic heterocycles. The third kappa shape index (κ3) is 17.8. The van der Waals surface area contributed by atoms with E-state index in [2.05, 4.69) is 21.0 Å². The molecular weight excluding hydrogens is 310 g/mol. The molecule has 23 heavy (non-hydrogen) atoms. The summed E-state index contributed by atoms with van der Waals surface area (Å²) < 4.78 is 30.8. The molecule has 1 N–H and O–H groups in total. The molecule has 0 aromatic carbocycles. The average Bonchev–Trinajstić information content (AvgIpc) is 2.45. The second-order valence-corrected chi connectivity index (χ2v) is 8.74. The van der Waals surface area contributed by atoms with E-state index < -0.39 is 10.1 Å². The molecule has 0 radical (unpaired) electrons. The summed E-state index contributed by atoms with van der Waals surface area (Å²) in [5.41, 5.74) is 0. The van der Waals surface area contributed by atoms with E-state index in [-0.39, 0.29) is 5.75 Å². The maximum Gasteiger partial charge on any atom is 0.268 e. The highest BCUT2D eigenvalue weighted by atomic mass is 32.2. The van der Waals surface area contributed by atoms with Crippen molar-refractivity contribution in [3.63, 3.8) is 0 Å². The van der Waals surface area contributed by atoms with Crippen LogP contribution in [-0.2, 0) is 10.1 Å². The van der Waals surface area contributed by atoms with Gasteiger partial charge in [-0.15, -0.1) is 0 Å². The number of likely N-dealkylation sites (N-methyl/N-ethyl adjacent to an activating group) is 1. The number of hydrogen-bond donors (Lipinski definition) is 1. The van der Waals surface area contributed by atoms with Crippen LogP contribution in [0.4, 0.5) is 0 Å². The van der Waals surface area contributed by atoms with Crippen molar-refractivity contribution < 1.29 is 17.5 Å². The standard InChI is InChI=1S/C18H37NO3S/c1-4-5-6-7-8-9-10-11-12-13-16-19(2,3)17-14-15-18-23(20,21)22/h14-15H,4-13,16-18H2,1-3H3/p+1. The average molecular weight is 349 g/mol. The highest BCUT2D eigenvalue weighted by Gasteiger charge is 2.12. The highest BCUT2D eigenvalue weighted by Crippen LogP contribution is 2.11. The second kappa shape index (κ2) is 13.0. The van der Waals surface area contributed by atoms with Crippen molar-refractivity contribution in [2.24, 2.45) is 0 Å². The predicted molar refractivity (Wildman–Crippen MR) is 99.2 cm³/mol. The molecule has 0 aromatic heterocycles. The van der Waals surface area contributed by atoms with Crippen molar-refractivity contribution in [1.29, 1.82) is 0 Å². The summed E-state index contributed by atoms with van der Waals surface area (Å²) in [6, 6.07) is 0. The van der Waals surface area contributed by atoms with E-state index in [0.29, 0.717) is 0 Å². The molecule has 0 rings (SSSR count). The van der Waals surface area contributed by atoms with E-state index in [0.717, 1.165) is 17.6 Å². The van der Waals surface area contributed by atoms with Gasteiger partial charge in [0.05, 0.1) is 32.9 Å². The molecule has 0 unspecified atom stereocenters. The first-order valence-corrected chi connectivity index (χ1v) is 10.8. The zero-order chi connectivity index (χ0) is 17.6. The molecule has 4 nitrogen and oxygen atoms in total. The maximum atomic E-state index is 10.6. The van der Waals surface area contributed by atoms with Crippen LogP contribution in [0, 0.1) is 0 Å². The van der Waals surface area contributed by atoms with E-state index in [4.69, 9.17) is 4.55 Å². The molecular formula is C18H38NO3S+. The van der Waals surface area contributed by atoms with E-state index in [9.17, 15) is 8.42 Å². The normalized spacial score (nSPS) is 13.0. The third-order valence-corrected chi connectivity index (χ3v) is 4.80. The smallest absolute Gasteiger partial charge is 0.268 e. The number of unbranched alkanes of at least 4 members (excludes halogenated alkanes) is 9. The molecule has 138 valence electrons. The zero-order valence-electron chi connectivity index (χ0n) is 15.5. The van der Waals surface area contributed by atoms with Crippen molar-refractivity contribution in [2.75, 3.05) is 32.9 Å². The Morgan fingerprint density at radius 2 is 1.30 bits per heavy atom. The molecule has 0 saturated carbocycles. The molecule has 0 atom stereocenters. The van der Waals surface area contributed by atoms with Crippen LogP contribution in [0.3, 0.4) is 0 Å². The first-order chi connectivity index (χ1) is 10.8. The van der Waals surface area contributed by atoms with E-state index in [1.54, 1.807) is 0 Å². The van der Waals surface area contributed by atoms with Gasteiger partial charge in [-0.3, -0.25) is 4.55 Å². The lowest BCUT2D eigenvalue weighted by atomic mass is 10.1. The fourth-order valence-electron chi connectivity index (χ4n) is 2.67. The molecule has 0 saturated heterocycles. The lowest BCUT2D eigenvalue weighted by molar-refractivity contribution is -0.884. The Kier molecular flexibility index (Phi) is 12.7. The van der Waals surface area contributed by atoms with Crippen LogP contribution < -0.4 is 0 Å². The summed E-state index contributed by atoms with van der Waals surface area (Å²) in [6.07, 6.45) is 16.8. The van der Waals surface area contributed by atoms with Crippen LogP contribution in [0.5, 0.6) is 0 Å². The van der Waals surface area contributed by atoms with Gasteiger partial charge in [-0.2, -0.15) is 8.42 Å². The molecule has 0 bridgehead atoms. The van der Waals surface area contributed by atoms with Gasteiger partial charge in [0.15, 0.2) is 0 Å². The van der Waals surface area contributed by atoms with Crippen LogP contribution in [0.25, 0.3) is 0 Å². The quantitative estimate of drug-likeness (QED) is 0.206. The van der Waals surface area contributed by atoms with E-state index >= 15 is 0 Å². The van der Waals surface area contributed by atoms with Gasteiger partial charge in [0.1, 0.15) is 0 Å². The monoisotopic (exact) mass is 348 g/mol. The maximum absolute atomic E-state index is 10.6. The number of quaternary nitrogens is 1. The molecule has 0 spiro atoms. The lowest BCUT2D eigenvalue weighted by Gasteiger charge is -2.28. The zero-order valence-corrected chi connectivity index (χ0v) is 16.3. The van der Waals surface area contributed by atoms with Gasteiger partial charge in [-0.1, -0.05) is 64.4 Å². The summed E-state index contributed by atoms with van der Waals surface area (Å²) in [4.78, 5) is 0. The molecule has 5 heteroatoms. The number of hydrogen-bond acceptors (Lipinski definition) is 2. The molecule has 0 heterocycles. The molecule has 0 aliphatic rings. The Labute approximate surface area is 144 Å². The summed E-state index contributed by atoms with van der Waals surface area (Å²) >= 11 is 0. The number of rotatable bonds is 15. The minimum Gasteiger partial charge on any atom is -0.325 e. The Hall–Kier alpha value is -0.390.